The lowest BCUT2D eigenvalue weighted by molar-refractivity contribution is -0.121. The second kappa shape index (κ2) is 7.95. The molecule has 4 heteroatoms. The molecular formula is C19H25N3O. The van der Waals surface area contributed by atoms with Gasteiger partial charge in [-0.25, -0.2) is 4.68 Å². The van der Waals surface area contributed by atoms with Crippen LogP contribution in [0.15, 0.2) is 42.7 Å². The Morgan fingerprint density at radius 2 is 1.78 bits per heavy atom. The number of benzene rings is 1. The summed E-state index contributed by atoms with van der Waals surface area (Å²) in [5.74, 6) is 0.114. The van der Waals surface area contributed by atoms with Gasteiger partial charge < -0.3 is 5.32 Å². The van der Waals surface area contributed by atoms with Crippen molar-refractivity contribution in [1.82, 2.24) is 15.1 Å². The summed E-state index contributed by atoms with van der Waals surface area (Å²) in [4.78, 5) is 12.3. The first-order chi connectivity index (χ1) is 11.3. The van der Waals surface area contributed by atoms with Gasteiger partial charge in [0.05, 0.1) is 18.3 Å². The first-order valence-electron chi connectivity index (χ1n) is 8.69. The van der Waals surface area contributed by atoms with Gasteiger partial charge in [0, 0.05) is 12.2 Å². The van der Waals surface area contributed by atoms with Crippen molar-refractivity contribution in [2.24, 2.45) is 0 Å². The molecule has 1 amide bonds. The van der Waals surface area contributed by atoms with Gasteiger partial charge in [-0.15, -0.1) is 0 Å². The summed E-state index contributed by atoms with van der Waals surface area (Å²) in [5.41, 5.74) is 1.97. The fourth-order valence-corrected chi connectivity index (χ4v) is 3.24. The molecule has 3 rings (SSSR count). The van der Waals surface area contributed by atoms with Crippen LogP contribution in [0.5, 0.6) is 0 Å². The molecule has 0 atom stereocenters. The molecule has 0 bridgehead atoms. The second-order valence-corrected chi connectivity index (χ2v) is 6.42. The molecular weight excluding hydrogens is 286 g/mol. The van der Waals surface area contributed by atoms with E-state index in [0.717, 1.165) is 24.1 Å². The molecule has 1 fully saturated rings. The first-order valence-corrected chi connectivity index (χ1v) is 8.69. The number of nitrogens with one attached hydrogen (secondary N) is 1. The van der Waals surface area contributed by atoms with Gasteiger partial charge in [-0.1, -0.05) is 50.3 Å². The van der Waals surface area contributed by atoms with E-state index in [0.29, 0.717) is 12.5 Å². The van der Waals surface area contributed by atoms with Crippen LogP contribution in [-0.2, 0) is 11.2 Å². The van der Waals surface area contributed by atoms with Gasteiger partial charge in [0.15, 0.2) is 0 Å². The Labute approximate surface area is 137 Å². The summed E-state index contributed by atoms with van der Waals surface area (Å²) < 4.78 is 1.82. The molecule has 1 heterocycles. The molecule has 1 aliphatic rings. The smallest absolute Gasteiger partial charge is 0.224 e. The molecule has 1 N–H and O–H groups in total. The summed E-state index contributed by atoms with van der Waals surface area (Å²) in [6, 6.07) is 10.3. The Hall–Kier alpha value is -2.10. The molecule has 23 heavy (non-hydrogen) atoms. The van der Waals surface area contributed by atoms with Crippen molar-refractivity contribution in [2.75, 3.05) is 0 Å². The van der Waals surface area contributed by atoms with Crippen LogP contribution in [0.3, 0.4) is 0 Å². The largest absolute Gasteiger partial charge is 0.353 e. The van der Waals surface area contributed by atoms with Crippen molar-refractivity contribution < 1.29 is 4.79 Å². The Morgan fingerprint density at radius 3 is 2.52 bits per heavy atom. The number of carbonyl (C=O) groups excluding carboxylic acids is 1. The van der Waals surface area contributed by atoms with E-state index in [2.05, 4.69) is 10.4 Å². The highest BCUT2D eigenvalue weighted by Crippen LogP contribution is 2.17. The number of carbonyl (C=O) groups is 1. The summed E-state index contributed by atoms with van der Waals surface area (Å²) in [7, 11) is 0. The maximum absolute atomic E-state index is 12.3. The third-order valence-corrected chi connectivity index (χ3v) is 4.49. The minimum atomic E-state index is 0.114. The lowest BCUT2D eigenvalue weighted by Gasteiger charge is -2.20. The highest BCUT2D eigenvalue weighted by atomic mass is 16.1. The molecule has 1 aromatic carbocycles. The van der Waals surface area contributed by atoms with Crippen molar-refractivity contribution in [3.05, 3.63) is 48.3 Å². The predicted molar refractivity (Wildman–Crippen MR) is 91.5 cm³/mol. The molecule has 0 aliphatic heterocycles. The fourth-order valence-electron chi connectivity index (χ4n) is 3.24. The average molecular weight is 311 g/mol. The Morgan fingerprint density at radius 1 is 1.09 bits per heavy atom. The van der Waals surface area contributed by atoms with E-state index in [4.69, 9.17) is 0 Å². The fraction of sp³-hybridized carbons (Fsp3) is 0.474. The molecule has 0 radical (unpaired) electrons. The second-order valence-electron chi connectivity index (χ2n) is 6.42. The van der Waals surface area contributed by atoms with Crippen LogP contribution in [0, 0.1) is 0 Å². The normalized spacial score (nSPS) is 16.5. The topological polar surface area (TPSA) is 46.9 Å². The Balaban J connectivity index is 1.54. The number of hydrogen-bond donors (Lipinski definition) is 1. The summed E-state index contributed by atoms with van der Waals surface area (Å²) in [5, 5.41) is 7.56. The summed E-state index contributed by atoms with van der Waals surface area (Å²) in [6.07, 6.45) is 12.8. The minimum Gasteiger partial charge on any atom is -0.353 e. The highest BCUT2D eigenvalue weighted by molar-refractivity contribution is 5.78. The maximum atomic E-state index is 12.3. The SMILES string of the molecule is O=C(Cc1cnn(-c2ccccc2)c1)NC1CCCCCCC1. The molecule has 4 nitrogen and oxygen atoms in total. The van der Waals surface area contributed by atoms with Gasteiger partial charge in [-0.2, -0.15) is 5.10 Å². The van der Waals surface area contributed by atoms with Crippen LogP contribution >= 0.6 is 0 Å². The number of para-hydroxylation sites is 1. The van der Waals surface area contributed by atoms with Crippen LogP contribution in [0.4, 0.5) is 0 Å². The zero-order valence-corrected chi connectivity index (χ0v) is 13.6. The standard InChI is InChI=1S/C19H25N3O/c23-19(21-17-9-5-2-1-3-6-10-17)13-16-14-20-22(15-16)18-11-7-4-8-12-18/h4,7-8,11-12,14-15,17H,1-3,5-6,9-10,13H2,(H,21,23). The van der Waals surface area contributed by atoms with Crippen molar-refractivity contribution in [3.8, 4) is 5.69 Å². The van der Waals surface area contributed by atoms with E-state index in [-0.39, 0.29) is 5.91 Å². The quantitative estimate of drug-likeness (QED) is 0.937. The van der Waals surface area contributed by atoms with Crippen molar-refractivity contribution >= 4 is 5.91 Å². The minimum absolute atomic E-state index is 0.114. The number of nitrogens with zero attached hydrogens (tertiary/aromatic N) is 2. The van der Waals surface area contributed by atoms with Gasteiger partial charge in [-0.3, -0.25) is 4.79 Å². The third kappa shape index (κ3) is 4.68. The Bertz CT molecular complexity index is 613. The van der Waals surface area contributed by atoms with Gasteiger partial charge in [0.25, 0.3) is 0 Å². The maximum Gasteiger partial charge on any atom is 0.224 e. The molecule has 1 aromatic heterocycles. The van der Waals surface area contributed by atoms with E-state index < -0.39 is 0 Å². The lowest BCUT2D eigenvalue weighted by Crippen LogP contribution is -2.36. The highest BCUT2D eigenvalue weighted by Gasteiger charge is 2.14. The van der Waals surface area contributed by atoms with Gasteiger partial charge >= 0.3 is 0 Å². The van der Waals surface area contributed by atoms with Crippen LogP contribution < -0.4 is 5.32 Å². The summed E-state index contributed by atoms with van der Waals surface area (Å²) >= 11 is 0. The first kappa shape index (κ1) is 15.8. The van der Waals surface area contributed by atoms with E-state index >= 15 is 0 Å². The van der Waals surface area contributed by atoms with Gasteiger partial charge in [0.1, 0.15) is 0 Å². The number of amides is 1. The van der Waals surface area contributed by atoms with Crippen LogP contribution in [0.2, 0.25) is 0 Å². The van der Waals surface area contributed by atoms with Crippen LogP contribution in [0.1, 0.15) is 50.5 Å². The number of hydrogen-bond acceptors (Lipinski definition) is 2. The van der Waals surface area contributed by atoms with E-state index in [1.807, 2.05) is 41.2 Å². The van der Waals surface area contributed by atoms with Gasteiger partial charge in [0.2, 0.25) is 5.91 Å². The number of rotatable bonds is 4. The average Bonchev–Trinajstić information content (AvgIpc) is 2.99. The van der Waals surface area contributed by atoms with Crippen molar-refractivity contribution in [2.45, 2.75) is 57.4 Å². The zero-order valence-electron chi connectivity index (χ0n) is 13.6. The van der Waals surface area contributed by atoms with Crippen molar-refractivity contribution in [1.29, 1.82) is 0 Å². The summed E-state index contributed by atoms with van der Waals surface area (Å²) in [6.45, 7) is 0. The number of aromatic nitrogens is 2. The molecule has 0 spiro atoms. The molecule has 1 aliphatic carbocycles. The Kier molecular flexibility index (Phi) is 5.46. The third-order valence-electron chi connectivity index (χ3n) is 4.49. The van der Waals surface area contributed by atoms with E-state index in [9.17, 15) is 4.79 Å². The van der Waals surface area contributed by atoms with E-state index in [1.54, 1.807) is 6.20 Å². The predicted octanol–water partition coefficient (Wildman–Crippen LogP) is 3.64. The zero-order chi connectivity index (χ0) is 15.9. The lowest BCUT2D eigenvalue weighted by atomic mass is 9.96. The van der Waals surface area contributed by atoms with Crippen LogP contribution in [0.25, 0.3) is 5.69 Å². The van der Waals surface area contributed by atoms with Crippen molar-refractivity contribution in [3.63, 3.8) is 0 Å². The molecule has 1 saturated carbocycles. The molecule has 2 aromatic rings. The molecule has 122 valence electrons. The molecule has 0 saturated heterocycles. The van der Waals surface area contributed by atoms with Crippen LogP contribution in [-0.4, -0.2) is 21.7 Å². The van der Waals surface area contributed by atoms with E-state index in [1.165, 1.54) is 32.1 Å². The monoisotopic (exact) mass is 311 g/mol. The molecule has 0 unspecified atom stereocenters. The van der Waals surface area contributed by atoms with Gasteiger partial charge in [-0.05, 0) is 30.5 Å².